The molecule has 96 valence electrons. The Kier molecular flexibility index (Phi) is 7.74. The largest absolute Gasteiger partial charge is 0.420 e. The minimum Gasteiger partial charge on any atom is -0.420 e. The predicted molar refractivity (Wildman–Crippen MR) is 61.9 cm³/mol. The van der Waals surface area contributed by atoms with E-state index in [4.69, 9.17) is 10.2 Å². The van der Waals surface area contributed by atoms with E-state index in [0.717, 1.165) is 19.3 Å². The van der Waals surface area contributed by atoms with Crippen molar-refractivity contribution in [1.82, 2.24) is 0 Å². The minimum absolute atomic E-state index is 0.168. The van der Waals surface area contributed by atoms with Crippen LogP contribution in [0.3, 0.4) is 0 Å². The van der Waals surface area contributed by atoms with E-state index < -0.39 is 23.8 Å². The number of rotatable bonds is 8. The molecule has 0 rings (SSSR count). The van der Waals surface area contributed by atoms with Crippen LogP contribution in [0.2, 0.25) is 0 Å². The molecule has 0 aliphatic carbocycles. The number of aliphatic hydroxyl groups is 3. The van der Waals surface area contributed by atoms with E-state index in [1.165, 1.54) is 0 Å². The molecule has 0 radical (unpaired) electrons. The van der Waals surface area contributed by atoms with E-state index in [9.17, 15) is 9.90 Å². The SMILES string of the molecule is CCCCCCC(=O)OC(O)(S)C(O)CO. The van der Waals surface area contributed by atoms with Crippen molar-refractivity contribution in [3.05, 3.63) is 0 Å². The van der Waals surface area contributed by atoms with E-state index >= 15 is 0 Å². The average molecular weight is 252 g/mol. The van der Waals surface area contributed by atoms with Gasteiger partial charge in [0.25, 0.3) is 5.12 Å². The molecule has 5 nitrogen and oxygen atoms in total. The molecule has 3 N–H and O–H groups in total. The first-order chi connectivity index (χ1) is 7.44. The molecule has 0 fully saturated rings. The molecule has 0 aromatic carbocycles. The first-order valence-corrected chi connectivity index (χ1v) is 5.84. The third kappa shape index (κ3) is 6.32. The molecule has 0 aliphatic heterocycles. The monoisotopic (exact) mass is 252 g/mol. The van der Waals surface area contributed by atoms with Crippen LogP contribution in [0.25, 0.3) is 0 Å². The summed E-state index contributed by atoms with van der Waals surface area (Å²) in [6.45, 7) is 1.32. The molecule has 0 amide bonds. The van der Waals surface area contributed by atoms with Gasteiger partial charge in [-0.3, -0.25) is 4.79 Å². The molecule has 0 aromatic heterocycles. The number of aliphatic hydroxyl groups excluding tert-OH is 2. The van der Waals surface area contributed by atoms with E-state index in [-0.39, 0.29) is 6.42 Å². The third-order valence-electron chi connectivity index (χ3n) is 2.11. The van der Waals surface area contributed by atoms with Gasteiger partial charge in [0.1, 0.15) is 0 Å². The van der Waals surface area contributed by atoms with E-state index in [2.05, 4.69) is 24.3 Å². The van der Waals surface area contributed by atoms with Crippen molar-refractivity contribution in [3.63, 3.8) is 0 Å². The number of hydrogen-bond acceptors (Lipinski definition) is 6. The second kappa shape index (κ2) is 7.89. The topological polar surface area (TPSA) is 87.0 Å². The van der Waals surface area contributed by atoms with E-state index in [1.807, 2.05) is 0 Å². The number of hydrogen-bond donors (Lipinski definition) is 4. The summed E-state index contributed by atoms with van der Waals surface area (Å²) in [6, 6.07) is 0. The lowest BCUT2D eigenvalue weighted by molar-refractivity contribution is -0.205. The van der Waals surface area contributed by atoms with Crippen LogP contribution < -0.4 is 0 Å². The van der Waals surface area contributed by atoms with Crippen molar-refractivity contribution in [3.8, 4) is 0 Å². The summed E-state index contributed by atoms with van der Waals surface area (Å²) in [6.07, 6.45) is 2.24. The summed E-state index contributed by atoms with van der Waals surface area (Å²) in [5, 5.41) is 24.7. The lowest BCUT2D eigenvalue weighted by atomic mass is 10.1. The van der Waals surface area contributed by atoms with Crippen LogP contribution in [-0.4, -0.2) is 39.1 Å². The van der Waals surface area contributed by atoms with Gasteiger partial charge in [-0.2, -0.15) is 0 Å². The number of carbonyl (C=O) groups is 1. The Balaban J connectivity index is 3.85. The fourth-order valence-corrected chi connectivity index (χ4v) is 1.29. The first kappa shape index (κ1) is 15.7. The van der Waals surface area contributed by atoms with Crippen LogP contribution >= 0.6 is 12.6 Å². The van der Waals surface area contributed by atoms with E-state index in [0.29, 0.717) is 6.42 Å². The molecule has 0 spiro atoms. The van der Waals surface area contributed by atoms with Crippen molar-refractivity contribution < 1.29 is 24.9 Å². The van der Waals surface area contributed by atoms with Gasteiger partial charge < -0.3 is 20.1 Å². The maximum absolute atomic E-state index is 11.2. The summed E-state index contributed by atoms with van der Waals surface area (Å²) in [5.41, 5.74) is 0. The van der Waals surface area contributed by atoms with Crippen molar-refractivity contribution in [1.29, 1.82) is 0 Å². The van der Waals surface area contributed by atoms with E-state index in [1.54, 1.807) is 0 Å². The van der Waals surface area contributed by atoms with Crippen LogP contribution in [0.5, 0.6) is 0 Å². The lowest BCUT2D eigenvalue weighted by Crippen LogP contribution is -2.43. The summed E-state index contributed by atoms with van der Waals surface area (Å²) >= 11 is 3.57. The standard InChI is InChI=1S/C10H20O5S/c1-2-3-4-5-6-9(13)15-10(14,16)8(12)7-11/h8,11-12,14,16H,2-7H2,1H3. The lowest BCUT2D eigenvalue weighted by Gasteiger charge is -2.26. The van der Waals surface area contributed by atoms with Crippen molar-refractivity contribution in [2.45, 2.75) is 50.3 Å². The summed E-state index contributed by atoms with van der Waals surface area (Å²) in [4.78, 5) is 11.2. The number of unbranched alkanes of at least 4 members (excludes halogenated alkanes) is 3. The molecule has 16 heavy (non-hydrogen) atoms. The molecular formula is C10H20O5S. The molecule has 2 atom stereocenters. The molecule has 6 heteroatoms. The van der Waals surface area contributed by atoms with Gasteiger partial charge in [0, 0.05) is 6.42 Å². The van der Waals surface area contributed by atoms with Gasteiger partial charge in [-0.25, -0.2) is 0 Å². The van der Waals surface area contributed by atoms with Gasteiger partial charge in [0.05, 0.1) is 6.61 Å². The Labute approximate surface area is 101 Å². The van der Waals surface area contributed by atoms with Gasteiger partial charge in [0.2, 0.25) is 0 Å². The zero-order chi connectivity index (χ0) is 12.6. The highest BCUT2D eigenvalue weighted by molar-refractivity contribution is 7.81. The Morgan fingerprint density at radius 2 is 2.06 bits per heavy atom. The Hall–Kier alpha value is -0.300. The Morgan fingerprint density at radius 1 is 1.44 bits per heavy atom. The van der Waals surface area contributed by atoms with Crippen LogP contribution in [0.1, 0.15) is 39.0 Å². The van der Waals surface area contributed by atoms with Gasteiger partial charge in [-0.05, 0) is 6.42 Å². The fourth-order valence-electron chi connectivity index (χ4n) is 1.10. The fraction of sp³-hybridized carbons (Fsp3) is 0.900. The van der Waals surface area contributed by atoms with Crippen LogP contribution in [0.4, 0.5) is 0 Å². The maximum Gasteiger partial charge on any atom is 0.309 e. The second-order valence-corrected chi connectivity index (χ2v) is 4.28. The molecule has 2 unspecified atom stereocenters. The molecule has 0 heterocycles. The zero-order valence-corrected chi connectivity index (χ0v) is 10.3. The van der Waals surface area contributed by atoms with Gasteiger partial charge in [0.15, 0.2) is 6.10 Å². The molecule has 0 saturated carbocycles. The van der Waals surface area contributed by atoms with Crippen LogP contribution in [-0.2, 0) is 9.53 Å². The quantitative estimate of drug-likeness (QED) is 0.218. The number of esters is 1. The summed E-state index contributed by atoms with van der Waals surface area (Å²) < 4.78 is 4.54. The Bertz CT molecular complexity index is 207. The highest BCUT2D eigenvalue weighted by atomic mass is 32.1. The highest BCUT2D eigenvalue weighted by Crippen LogP contribution is 2.19. The van der Waals surface area contributed by atoms with Crippen molar-refractivity contribution in [2.75, 3.05) is 6.61 Å². The highest BCUT2D eigenvalue weighted by Gasteiger charge is 2.35. The zero-order valence-electron chi connectivity index (χ0n) is 9.43. The molecule has 0 aliphatic rings. The first-order valence-electron chi connectivity index (χ1n) is 5.39. The second-order valence-electron chi connectivity index (χ2n) is 3.64. The van der Waals surface area contributed by atoms with Crippen LogP contribution in [0, 0.1) is 0 Å². The molecule has 0 bridgehead atoms. The summed E-state index contributed by atoms with van der Waals surface area (Å²) in [5.74, 6) is -0.638. The number of thiol groups is 1. The Morgan fingerprint density at radius 3 is 2.56 bits per heavy atom. The normalized spacial score (nSPS) is 16.6. The van der Waals surface area contributed by atoms with Gasteiger partial charge in [-0.15, -0.1) is 0 Å². The maximum atomic E-state index is 11.2. The van der Waals surface area contributed by atoms with Gasteiger partial charge >= 0.3 is 5.97 Å². The predicted octanol–water partition coefficient (Wildman–Crippen LogP) is 0.429. The van der Waals surface area contributed by atoms with Gasteiger partial charge in [-0.1, -0.05) is 38.8 Å². The molecule has 0 saturated heterocycles. The summed E-state index contributed by atoms with van der Waals surface area (Å²) in [7, 11) is 0. The molecule has 0 aromatic rings. The minimum atomic E-state index is -2.32. The number of carbonyl (C=O) groups excluding carboxylic acids is 1. The smallest absolute Gasteiger partial charge is 0.309 e. The van der Waals surface area contributed by atoms with Crippen molar-refractivity contribution >= 4 is 18.6 Å². The average Bonchev–Trinajstić information content (AvgIpc) is 2.22. The van der Waals surface area contributed by atoms with Crippen LogP contribution in [0.15, 0.2) is 0 Å². The van der Waals surface area contributed by atoms with Crippen molar-refractivity contribution in [2.24, 2.45) is 0 Å². The molecular weight excluding hydrogens is 232 g/mol. The third-order valence-corrected chi connectivity index (χ3v) is 2.49. The number of ether oxygens (including phenoxy) is 1.